The molecule has 3 heteroatoms. The Morgan fingerprint density at radius 2 is 1.80 bits per heavy atom. The topological polar surface area (TPSA) is 48.6 Å². The summed E-state index contributed by atoms with van der Waals surface area (Å²) in [6.45, 7) is 5.93. The molecular formula is C12H14N2O. The van der Waals surface area contributed by atoms with Crippen LogP contribution in [-0.4, -0.2) is 10.2 Å². The summed E-state index contributed by atoms with van der Waals surface area (Å²) in [5.74, 6) is 0. The quantitative estimate of drug-likeness (QED) is 0.732. The van der Waals surface area contributed by atoms with Crippen molar-refractivity contribution in [3.8, 4) is 11.3 Å². The molecule has 0 radical (unpaired) electrons. The van der Waals surface area contributed by atoms with Crippen LogP contribution in [0.2, 0.25) is 0 Å². The van der Waals surface area contributed by atoms with Crippen molar-refractivity contribution in [1.29, 1.82) is 0 Å². The van der Waals surface area contributed by atoms with Crippen LogP contribution in [0.25, 0.3) is 11.3 Å². The summed E-state index contributed by atoms with van der Waals surface area (Å²) in [6, 6.07) is 6.20. The van der Waals surface area contributed by atoms with E-state index in [0.29, 0.717) is 0 Å². The number of benzene rings is 1. The van der Waals surface area contributed by atoms with E-state index in [1.54, 1.807) is 0 Å². The zero-order valence-corrected chi connectivity index (χ0v) is 9.14. The Balaban J connectivity index is 2.64. The summed E-state index contributed by atoms with van der Waals surface area (Å²) in [6.07, 6.45) is 0. The van der Waals surface area contributed by atoms with E-state index in [1.165, 1.54) is 11.1 Å². The molecule has 0 amide bonds. The molecule has 0 saturated heterocycles. The minimum Gasteiger partial charge on any atom is -0.297 e. The summed E-state index contributed by atoms with van der Waals surface area (Å²) in [4.78, 5) is 11.3. The zero-order valence-electron chi connectivity index (χ0n) is 9.14. The summed E-state index contributed by atoms with van der Waals surface area (Å²) in [7, 11) is 0. The van der Waals surface area contributed by atoms with Crippen LogP contribution in [-0.2, 0) is 0 Å². The average Bonchev–Trinajstić information content (AvgIpc) is 2.49. The molecule has 0 fully saturated rings. The lowest BCUT2D eigenvalue weighted by atomic mass is 10.0. The van der Waals surface area contributed by atoms with Gasteiger partial charge in [-0.05, 0) is 26.3 Å². The molecule has 0 aliphatic rings. The van der Waals surface area contributed by atoms with Crippen LogP contribution in [0, 0.1) is 20.8 Å². The van der Waals surface area contributed by atoms with E-state index >= 15 is 0 Å². The van der Waals surface area contributed by atoms with Crippen molar-refractivity contribution < 1.29 is 0 Å². The van der Waals surface area contributed by atoms with E-state index in [2.05, 4.69) is 23.2 Å². The molecule has 2 N–H and O–H groups in total. The van der Waals surface area contributed by atoms with Crippen molar-refractivity contribution in [1.82, 2.24) is 10.2 Å². The molecule has 1 aromatic carbocycles. The van der Waals surface area contributed by atoms with Gasteiger partial charge in [0.2, 0.25) is 0 Å². The van der Waals surface area contributed by atoms with Crippen molar-refractivity contribution in [2.24, 2.45) is 0 Å². The molecule has 0 bridgehead atoms. The van der Waals surface area contributed by atoms with Crippen molar-refractivity contribution in [3.05, 3.63) is 45.2 Å². The van der Waals surface area contributed by atoms with Gasteiger partial charge in [0.15, 0.2) is 0 Å². The number of aryl methyl sites for hydroxylation is 2. The molecule has 0 atom stereocenters. The second-order valence-electron chi connectivity index (χ2n) is 3.90. The van der Waals surface area contributed by atoms with Crippen molar-refractivity contribution in [2.75, 3.05) is 0 Å². The Bertz CT molecular complexity index is 549. The first-order valence-corrected chi connectivity index (χ1v) is 4.94. The second-order valence-corrected chi connectivity index (χ2v) is 3.90. The van der Waals surface area contributed by atoms with Gasteiger partial charge in [-0.3, -0.25) is 15.0 Å². The number of aromatic nitrogens is 2. The highest BCUT2D eigenvalue weighted by Gasteiger charge is 2.09. The fraction of sp³-hybridized carbons (Fsp3) is 0.250. The maximum atomic E-state index is 11.3. The fourth-order valence-electron chi connectivity index (χ4n) is 1.78. The first kappa shape index (κ1) is 9.77. The van der Waals surface area contributed by atoms with E-state index in [0.717, 1.165) is 16.8 Å². The molecule has 0 spiro atoms. The molecule has 15 heavy (non-hydrogen) atoms. The van der Waals surface area contributed by atoms with Gasteiger partial charge in [-0.1, -0.05) is 23.8 Å². The number of H-pyrrole nitrogens is 2. The molecular weight excluding hydrogens is 188 g/mol. The van der Waals surface area contributed by atoms with Gasteiger partial charge < -0.3 is 0 Å². The Labute approximate surface area is 88.1 Å². The smallest absolute Gasteiger partial charge is 0.267 e. The lowest BCUT2D eigenvalue weighted by molar-refractivity contribution is 1.06. The van der Waals surface area contributed by atoms with Gasteiger partial charge in [0.05, 0.1) is 5.69 Å². The number of hydrogen-bond acceptors (Lipinski definition) is 1. The Morgan fingerprint density at radius 1 is 1.07 bits per heavy atom. The first-order valence-electron chi connectivity index (χ1n) is 4.94. The van der Waals surface area contributed by atoms with Gasteiger partial charge in [0, 0.05) is 11.1 Å². The molecule has 0 saturated carbocycles. The van der Waals surface area contributed by atoms with Gasteiger partial charge in [-0.15, -0.1) is 0 Å². The highest BCUT2D eigenvalue weighted by Crippen LogP contribution is 2.23. The Hall–Kier alpha value is -1.77. The van der Waals surface area contributed by atoms with Crippen LogP contribution in [0.3, 0.4) is 0 Å². The molecule has 78 valence electrons. The number of rotatable bonds is 1. The molecule has 0 aliphatic carbocycles. The van der Waals surface area contributed by atoms with Crippen LogP contribution in [0.5, 0.6) is 0 Å². The van der Waals surface area contributed by atoms with Gasteiger partial charge >= 0.3 is 0 Å². The molecule has 0 aliphatic heterocycles. The Morgan fingerprint density at radius 3 is 2.33 bits per heavy atom. The van der Waals surface area contributed by atoms with E-state index in [1.807, 2.05) is 26.0 Å². The third-order valence-electron chi connectivity index (χ3n) is 2.67. The maximum Gasteiger partial charge on any atom is 0.267 e. The number of aromatic amines is 2. The lowest BCUT2D eigenvalue weighted by Gasteiger charge is -2.05. The highest BCUT2D eigenvalue weighted by atomic mass is 16.1. The highest BCUT2D eigenvalue weighted by molar-refractivity contribution is 5.66. The summed E-state index contributed by atoms with van der Waals surface area (Å²) in [5, 5.41) is 5.51. The van der Waals surface area contributed by atoms with Gasteiger partial charge in [-0.2, -0.15) is 0 Å². The summed E-state index contributed by atoms with van der Waals surface area (Å²) >= 11 is 0. The summed E-state index contributed by atoms with van der Waals surface area (Å²) in [5.41, 5.74) is 5.06. The van der Waals surface area contributed by atoms with Crippen molar-refractivity contribution in [2.45, 2.75) is 20.8 Å². The molecule has 1 aromatic heterocycles. The van der Waals surface area contributed by atoms with Crippen LogP contribution in [0.4, 0.5) is 0 Å². The minimum atomic E-state index is -0.0509. The van der Waals surface area contributed by atoms with E-state index in [9.17, 15) is 4.79 Å². The summed E-state index contributed by atoms with van der Waals surface area (Å²) < 4.78 is 0. The van der Waals surface area contributed by atoms with Crippen LogP contribution in [0.15, 0.2) is 23.0 Å². The molecule has 1 heterocycles. The fourth-order valence-corrected chi connectivity index (χ4v) is 1.78. The lowest BCUT2D eigenvalue weighted by Crippen LogP contribution is -2.00. The van der Waals surface area contributed by atoms with Crippen LogP contribution >= 0.6 is 0 Å². The van der Waals surface area contributed by atoms with Crippen molar-refractivity contribution >= 4 is 0 Å². The van der Waals surface area contributed by atoms with Gasteiger partial charge in [-0.25, -0.2) is 0 Å². The first-order chi connectivity index (χ1) is 7.09. The SMILES string of the molecule is Cc1ccc(-c2[nH][nH]c(=O)c2C)c(C)c1. The third kappa shape index (κ3) is 1.61. The van der Waals surface area contributed by atoms with Gasteiger partial charge in [0.1, 0.15) is 0 Å². The third-order valence-corrected chi connectivity index (χ3v) is 2.67. The predicted molar refractivity (Wildman–Crippen MR) is 61.1 cm³/mol. The standard InChI is InChI=1S/C12H14N2O/c1-7-4-5-10(8(2)6-7)11-9(3)12(15)14-13-11/h4-6H,1-3H3,(H2,13,14,15). The molecule has 2 aromatic rings. The van der Waals surface area contributed by atoms with E-state index < -0.39 is 0 Å². The van der Waals surface area contributed by atoms with Crippen molar-refractivity contribution in [3.63, 3.8) is 0 Å². The van der Waals surface area contributed by atoms with E-state index in [-0.39, 0.29) is 5.56 Å². The predicted octanol–water partition coefficient (Wildman–Crippen LogP) is 2.30. The number of nitrogens with one attached hydrogen (secondary N) is 2. The maximum absolute atomic E-state index is 11.3. The normalized spacial score (nSPS) is 10.6. The zero-order chi connectivity index (χ0) is 11.0. The molecule has 2 rings (SSSR count). The Kier molecular flexibility index (Phi) is 2.23. The molecule has 3 nitrogen and oxygen atoms in total. The average molecular weight is 202 g/mol. The largest absolute Gasteiger partial charge is 0.297 e. The van der Waals surface area contributed by atoms with Crippen LogP contribution in [0.1, 0.15) is 16.7 Å². The molecule has 0 unspecified atom stereocenters. The van der Waals surface area contributed by atoms with E-state index in [4.69, 9.17) is 0 Å². The van der Waals surface area contributed by atoms with Crippen LogP contribution < -0.4 is 5.56 Å². The second kappa shape index (κ2) is 3.42. The monoisotopic (exact) mass is 202 g/mol. The van der Waals surface area contributed by atoms with Gasteiger partial charge in [0.25, 0.3) is 5.56 Å². The minimum absolute atomic E-state index is 0.0509. The number of hydrogen-bond donors (Lipinski definition) is 2.